The molecular formula is C29H42N2O2. The van der Waals surface area contributed by atoms with Crippen LogP contribution in [-0.4, -0.2) is 12.6 Å². The van der Waals surface area contributed by atoms with Crippen molar-refractivity contribution in [3.8, 4) is 0 Å². The third kappa shape index (κ3) is 13.0. The molecule has 0 radical (unpaired) electrons. The van der Waals surface area contributed by atoms with Gasteiger partial charge in [0.25, 0.3) is 0 Å². The van der Waals surface area contributed by atoms with Crippen LogP contribution in [0, 0.1) is 0 Å². The number of ether oxygens (including phenoxy) is 1. The fourth-order valence-electron chi connectivity index (χ4n) is 3.82. The largest absolute Gasteiger partial charge is 0.462 e. The monoisotopic (exact) mass is 450 g/mol. The molecule has 0 aliphatic carbocycles. The van der Waals surface area contributed by atoms with E-state index in [0.717, 1.165) is 18.5 Å². The van der Waals surface area contributed by atoms with Gasteiger partial charge in [-0.15, -0.1) is 0 Å². The van der Waals surface area contributed by atoms with Gasteiger partial charge < -0.3 is 4.74 Å². The predicted molar refractivity (Wildman–Crippen MR) is 138 cm³/mol. The van der Waals surface area contributed by atoms with Crippen molar-refractivity contribution in [1.29, 1.82) is 0 Å². The summed E-state index contributed by atoms with van der Waals surface area (Å²) in [5.74, 6) is -0.267. The molecule has 0 heterocycles. The van der Waals surface area contributed by atoms with Gasteiger partial charge in [0.1, 0.15) is 0 Å². The molecule has 4 nitrogen and oxygen atoms in total. The van der Waals surface area contributed by atoms with Crippen LogP contribution in [-0.2, 0) is 4.74 Å². The minimum absolute atomic E-state index is 0.267. The summed E-state index contributed by atoms with van der Waals surface area (Å²) in [4.78, 5) is 12.2. The summed E-state index contributed by atoms with van der Waals surface area (Å²) in [6.45, 7) is 2.77. The van der Waals surface area contributed by atoms with E-state index in [-0.39, 0.29) is 5.97 Å². The van der Waals surface area contributed by atoms with Crippen LogP contribution in [0.5, 0.6) is 0 Å². The van der Waals surface area contributed by atoms with Gasteiger partial charge in [-0.3, -0.25) is 0 Å². The average Bonchev–Trinajstić information content (AvgIpc) is 2.86. The molecule has 180 valence electrons. The van der Waals surface area contributed by atoms with E-state index in [1.54, 1.807) is 24.3 Å². The van der Waals surface area contributed by atoms with E-state index in [1.807, 2.05) is 30.3 Å². The topological polar surface area (TPSA) is 51.0 Å². The Hall–Kier alpha value is -2.49. The van der Waals surface area contributed by atoms with Crippen LogP contribution in [0.25, 0.3) is 0 Å². The molecular weight excluding hydrogens is 408 g/mol. The lowest BCUT2D eigenvalue weighted by Gasteiger charge is -2.05. The molecule has 0 spiro atoms. The van der Waals surface area contributed by atoms with Gasteiger partial charge in [0.2, 0.25) is 0 Å². The molecule has 0 saturated carbocycles. The van der Waals surface area contributed by atoms with E-state index in [0.29, 0.717) is 17.9 Å². The number of benzene rings is 2. The number of azo groups is 1. The van der Waals surface area contributed by atoms with Gasteiger partial charge in [-0.2, -0.15) is 10.2 Å². The number of hydrogen-bond acceptors (Lipinski definition) is 4. The maximum Gasteiger partial charge on any atom is 0.338 e. The molecule has 0 aliphatic heterocycles. The van der Waals surface area contributed by atoms with Gasteiger partial charge in [-0.25, -0.2) is 4.79 Å². The van der Waals surface area contributed by atoms with Crippen molar-refractivity contribution in [2.75, 3.05) is 6.61 Å². The third-order valence-electron chi connectivity index (χ3n) is 5.87. The van der Waals surface area contributed by atoms with E-state index in [9.17, 15) is 4.79 Å². The SMILES string of the molecule is CCCCCCCCCCCCCCCCOC(=O)c1ccc(N=Nc2ccccc2)cc1. The molecule has 4 heteroatoms. The summed E-state index contributed by atoms with van der Waals surface area (Å²) in [7, 11) is 0. The lowest BCUT2D eigenvalue weighted by Crippen LogP contribution is -2.06. The Morgan fingerprint density at radius 1 is 0.606 bits per heavy atom. The summed E-state index contributed by atoms with van der Waals surface area (Å²) < 4.78 is 5.41. The first-order chi connectivity index (χ1) is 16.3. The average molecular weight is 451 g/mol. The zero-order valence-electron chi connectivity index (χ0n) is 20.5. The fourth-order valence-corrected chi connectivity index (χ4v) is 3.82. The lowest BCUT2D eigenvalue weighted by atomic mass is 10.0. The third-order valence-corrected chi connectivity index (χ3v) is 5.87. The Bertz CT molecular complexity index is 772. The summed E-state index contributed by atoms with van der Waals surface area (Å²) in [6, 6.07) is 16.6. The second-order valence-corrected chi connectivity index (χ2v) is 8.81. The number of carbonyl (C=O) groups is 1. The van der Waals surface area contributed by atoms with Gasteiger partial charge in [-0.1, -0.05) is 109 Å². The summed E-state index contributed by atoms with van der Waals surface area (Å²) in [5.41, 5.74) is 2.07. The quantitative estimate of drug-likeness (QED) is 0.129. The van der Waals surface area contributed by atoms with Crippen molar-refractivity contribution in [2.24, 2.45) is 10.2 Å². The van der Waals surface area contributed by atoms with E-state index < -0.39 is 0 Å². The number of carbonyl (C=O) groups excluding carboxylic acids is 1. The zero-order valence-corrected chi connectivity index (χ0v) is 20.5. The molecule has 0 fully saturated rings. The van der Waals surface area contributed by atoms with Gasteiger partial charge in [-0.05, 0) is 42.8 Å². The molecule has 0 aromatic heterocycles. The first-order valence-electron chi connectivity index (χ1n) is 13.0. The fraction of sp³-hybridized carbons (Fsp3) is 0.552. The standard InChI is InChI=1S/C29H42N2O2/c1-2-3-4-5-6-7-8-9-10-11-12-13-14-18-25-33-29(32)26-21-23-28(24-22-26)31-30-27-19-16-15-17-20-27/h15-17,19-24H,2-14,18,25H2,1H3. The van der Waals surface area contributed by atoms with Crippen LogP contribution in [0.15, 0.2) is 64.8 Å². The van der Waals surface area contributed by atoms with Gasteiger partial charge in [0, 0.05) is 0 Å². The minimum Gasteiger partial charge on any atom is -0.462 e. The van der Waals surface area contributed by atoms with Crippen LogP contribution < -0.4 is 0 Å². The molecule has 0 amide bonds. The van der Waals surface area contributed by atoms with Gasteiger partial charge in [0.15, 0.2) is 0 Å². The van der Waals surface area contributed by atoms with Crippen LogP contribution in [0.3, 0.4) is 0 Å². The summed E-state index contributed by atoms with van der Waals surface area (Å²) in [6.07, 6.45) is 18.5. The van der Waals surface area contributed by atoms with Gasteiger partial charge >= 0.3 is 5.97 Å². The Morgan fingerprint density at radius 3 is 1.58 bits per heavy atom. The van der Waals surface area contributed by atoms with Crippen LogP contribution in [0.2, 0.25) is 0 Å². The second-order valence-electron chi connectivity index (χ2n) is 8.81. The first-order valence-corrected chi connectivity index (χ1v) is 13.0. The highest BCUT2D eigenvalue weighted by Crippen LogP contribution is 2.19. The Kier molecular flexibility index (Phi) is 14.6. The molecule has 2 rings (SSSR count). The summed E-state index contributed by atoms with van der Waals surface area (Å²) in [5, 5.41) is 8.38. The molecule has 33 heavy (non-hydrogen) atoms. The van der Waals surface area contributed by atoms with E-state index in [1.165, 1.54) is 77.0 Å². The van der Waals surface area contributed by atoms with Crippen molar-refractivity contribution in [1.82, 2.24) is 0 Å². The van der Waals surface area contributed by atoms with Crippen molar-refractivity contribution in [3.05, 3.63) is 60.2 Å². The van der Waals surface area contributed by atoms with Crippen molar-refractivity contribution >= 4 is 17.3 Å². The van der Waals surface area contributed by atoms with Gasteiger partial charge in [0.05, 0.1) is 23.5 Å². The number of rotatable bonds is 18. The second kappa shape index (κ2) is 18.0. The predicted octanol–water partition coefficient (Wildman–Crippen LogP) is 9.74. The molecule has 0 atom stereocenters. The Labute approximate surface area is 200 Å². The Morgan fingerprint density at radius 2 is 1.06 bits per heavy atom. The highest BCUT2D eigenvalue weighted by Gasteiger charge is 2.06. The summed E-state index contributed by atoms with van der Waals surface area (Å²) >= 11 is 0. The molecule has 0 bridgehead atoms. The maximum atomic E-state index is 12.2. The molecule has 0 unspecified atom stereocenters. The molecule has 0 N–H and O–H groups in total. The molecule has 2 aromatic rings. The molecule has 0 aliphatic rings. The van der Waals surface area contributed by atoms with Crippen molar-refractivity contribution in [2.45, 2.75) is 96.8 Å². The number of esters is 1. The first kappa shape index (κ1) is 26.8. The lowest BCUT2D eigenvalue weighted by molar-refractivity contribution is 0.0497. The van der Waals surface area contributed by atoms with Crippen molar-refractivity contribution < 1.29 is 9.53 Å². The molecule has 0 saturated heterocycles. The van der Waals surface area contributed by atoms with E-state index in [4.69, 9.17) is 4.74 Å². The van der Waals surface area contributed by atoms with Crippen molar-refractivity contribution in [3.63, 3.8) is 0 Å². The normalized spacial score (nSPS) is 11.2. The highest BCUT2D eigenvalue weighted by molar-refractivity contribution is 5.89. The zero-order chi connectivity index (χ0) is 23.4. The molecule has 2 aromatic carbocycles. The van der Waals surface area contributed by atoms with E-state index >= 15 is 0 Å². The number of unbranched alkanes of at least 4 members (excludes halogenated alkanes) is 13. The minimum atomic E-state index is -0.267. The number of nitrogens with zero attached hydrogens (tertiary/aromatic N) is 2. The van der Waals surface area contributed by atoms with E-state index in [2.05, 4.69) is 17.2 Å². The van der Waals surface area contributed by atoms with Crippen LogP contribution >= 0.6 is 0 Å². The number of hydrogen-bond donors (Lipinski definition) is 0. The maximum absolute atomic E-state index is 12.2. The smallest absolute Gasteiger partial charge is 0.338 e. The van der Waals surface area contributed by atoms with Crippen LogP contribution in [0.1, 0.15) is 107 Å². The van der Waals surface area contributed by atoms with Crippen LogP contribution in [0.4, 0.5) is 11.4 Å². The Balaban J connectivity index is 1.45. The highest BCUT2D eigenvalue weighted by atomic mass is 16.5.